The zero-order valence-electron chi connectivity index (χ0n) is 8.27. The molecule has 0 aliphatic heterocycles. The Hall–Kier alpha value is -2.54. The SMILES string of the molecule is N#Cc1ccc2[nH]cc(C=CC(=O)O)c2c1. The highest BCUT2D eigenvalue weighted by atomic mass is 16.4. The molecule has 78 valence electrons. The summed E-state index contributed by atoms with van der Waals surface area (Å²) in [4.78, 5) is 13.4. The summed E-state index contributed by atoms with van der Waals surface area (Å²) in [6.07, 6.45) is 4.29. The molecule has 0 aliphatic rings. The third-order valence-electron chi connectivity index (χ3n) is 2.25. The van der Waals surface area contributed by atoms with E-state index in [1.165, 1.54) is 6.08 Å². The van der Waals surface area contributed by atoms with E-state index in [4.69, 9.17) is 10.4 Å². The number of hydrogen-bond donors (Lipinski definition) is 2. The van der Waals surface area contributed by atoms with Gasteiger partial charge in [-0.3, -0.25) is 0 Å². The van der Waals surface area contributed by atoms with Crippen LogP contribution in [-0.2, 0) is 4.79 Å². The van der Waals surface area contributed by atoms with E-state index in [1.807, 2.05) is 6.07 Å². The van der Waals surface area contributed by atoms with Crippen LogP contribution in [0.4, 0.5) is 0 Å². The number of nitriles is 1. The van der Waals surface area contributed by atoms with Crippen molar-refractivity contribution < 1.29 is 9.90 Å². The fourth-order valence-corrected chi connectivity index (χ4v) is 1.51. The highest BCUT2D eigenvalue weighted by Crippen LogP contribution is 2.20. The van der Waals surface area contributed by atoms with Gasteiger partial charge in [0.1, 0.15) is 0 Å². The van der Waals surface area contributed by atoms with Crippen LogP contribution in [0.5, 0.6) is 0 Å². The molecule has 2 rings (SSSR count). The molecular weight excluding hydrogens is 204 g/mol. The minimum Gasteiger partial charge on any atom is -0.478 e. The number of nitrogens with zero attached hydrogens (tertiary/aromatic N) is 1. The lowest BCUT2D eigenvalue weighted by atomic mass is 10.1. The first kappa shape index (κ1) is 9.99. The van der Waals surface area contributed by atoms with E-state index in [-0.39, 0.29) is 0 Å². The number of rotatable bonds is 2. The second kappa shape index (κ2) is 3.91. The maximum absolute atomic E-state index is 10.4. The Kier molecular flexibility index (Phi) is 2.44. The second-order valence-electron chi connectivity index (χ2n) is 3.29. The van der Waals surface area contributed by atoms with Gasteiger partial charge in [0, 0.05) is 28.7 Å². The zero-order valence-corrected chi connectivity index (χ0v) is 8.27. The molecule has 0 unspecified atom stereocenters. The predicted molar refractivity (Wildman–Crippen MR) is 59.7 cm³/mol. The van der Waals surface area contributed by atoms with Crippen LogP contribution in [0, 0.1) is 11.3 Å². The largest absolute Gasteiger partial charge is 0.478 e. The molecule has 0 spiro atoms. The first-order valence-electron chi connectivity index (χ1n) is 4.63. The van der Waals surface area contributed by atoms with Crippen LogP contribution >= 0.6 is 0 Å². The topological polar surface area (TPSA) is 76.9 Å². The van der Waals surface area contributed by atoms with Crippen molar-refractivity contribution in [2.45, 2.75) is 0 Å². The van der Waals surface area contributed by atoms with Crippen molar-refractivity contribution in [2.24, 2.45) is 0 Å². The molecule has 4 heteroatoms. The summed E-state index contributed by atoms with van der Waals surface area (Å²) in [6, 6.07) is 7.29. The van der Waals surface area contributed by atoms with Crippen molar-refractivity contribution in [1.82, 2.24) is 4.98 Å². The Bertz CT molecular complexity index is 617. The Labute approximate surface area is 91.4 Å². The Morgan fingerprint density at radius 1 is 1.50 bits per heavy atom. The van der Waals surface area contributed by atoms with Crippen LogP contribution in [0.2, 0.25) is 0 Å². The molecule has 1 heterocycles. The molecule has 1 aromatic heterocycles. The lowest BCUT2D eigenvalue weighted by Crippen LogP contribution is -1.85. The van der Waals surface area contributed by atoms with Crippen molar-refractivity contribution >= 4 is 22.9 Å². The summed E-state index contributed by atoms with van der Waals surface area (Å²) in [5, 5.41) is 18.2. The number of aromatic nitrogens is 1. The van der Waals surface area contributed by atoms with E-state index >= 15 is 0 Å². The molecule has 0 radical (unpaired) electrons. The number of nitrogens with one attached hydrogen (secondary N) is 1. The number of carbonyl (C=O) groups is 1. The van der Waals surface area contributed by atoms with Gasteiger partial charge in [-0.2, -0.15) is 5.26 Å². The third kappa shape index (κ3) is 1.79. The number of hydrogen-bond acceptors (Lipinski definition) is 2. The number of benzene rings is 1. The van der Waals surface area contributed by atoms with Crippen molar-refractivity contribution in [2.75, 3.05) is 0 Å². The predicted octanol–water partition coefficient (Wildman–Crippen LogP) is 2.14. The summed E-state index contributed by atoms with van der Waals surface area (Å²) in [5.41, 5.74) is 2.19. The summed E-state index contributed by atoms with van der Waals surface area (Å²) < 4.78 is 0. The minimum absolute atomic E-state index is 0.553. The molecule has 0 bridgehead atoms. The highest BCUT2D eigenvalue weighted by molar-refractivity contribution is 5.93. The van der Waals surface area contributed by atoms with E-state index in [1.54, 1.807) is 24.4 Å². The molecule has 16 heavy (non-hydrogen) atoms. The Morgan fingerprint density at radius 3 is 3.00 bits per heavy atom. The average Bonchev–Trinajstić information content (AvgIpc) is 2.68. The minimum atomic E-state index is -0.995. The van der Waals surface area contributed by atoms with Crippen molar-refractivity contribution in [3.63, 3.8) is 0 Å². The van der Waals surface area contributed by atoms with E-state index in [9.17, 15) is 4.79 Å². The monoisotopic (exact) mass is 212 g/mol. The van der Waals surface area contributed by atoms with Crippen LogP contribution in [-0.4, -0.2) is 16.1 Å². The second-order valence-corrected chi connectivity index (χ2v) is 3.29. The van der Waals surface area contributed by atoms with Crippen molar-refractivity contribution in [3.05, 3.63) is 41.6 Å². The van der Waals surface area contributed by atoms with Crippen LogP contribution in [0.3, 0.4) is 0 Å². The van der Waals surface area contributed by atoms with Gasteiger partial charge in [-0.25, -0.2) is 4.79 Å². The molecule has 0 amide bonds. The molecule has 0 saturated carbocycles. The normalized spacial score (nSPS) is 10.7. The Morgan fingerprint density at radius 2 is 2.31 bits per heavy atom. The van der Waals surface area contributed by atoms with Crippen LogP contribution < -0.4 is 0 Å². The summed E-state index contributed by atoms with van der Waals surface area (Å²) in [5.74, 6) is -0.995. The standard InChI is InChI=1S/C12H8N2O2/c13-6-8-1-3-11-10(5-8)9(7-14-11)2-4-12(15)16/h1-5,7,14H,(H,15,16). The van der Waals surface area contributed by atoms with E-state index in [2.05, 4.69) is 4.98 Å². The highest BCUT2D eigenvalue weighted by Gasteiger charge is 2.02. The maximum atomic E-state index is 10.4. The fourth-order valence-electron chi connectivity index (χ4n) is 1.51. The number of aliphatic carboxylic acids is 1. The van der Waals surface area contributed by atoms with Gasteiger partial charge in [0.25, 0.3) is 0 Å². The lowest BCUT2D eigenvalue weighted by molar-refractivity contribution is -0.131. The maximum Gasteiger partial charge on any atom is 0.328 e. The molecule has 0 atom stereocenters. The number of aromatic amines is 1. The number of carboxylic acid groups (broad SMARTS) is 1. The Balaban J connectivity index is 2.55. The zero-order chi connectivity index (χ0) is 11.5. The summed E-state index contributed by atoms with van der Waals surface area (Å²) >= 11 is 0. The van der Waals surface area contributed by atoms with Gasteiger partial charge in [0.2, 0.25) is 0 Å². The van der Waals surface area contributed by atoms with Crippen LogP contribution in [0.25, 0.3) is 17.0 Å². The third-order valence-corrected chi connectivity index (χ3v) is 2.25. The van der Waals surface area contributed by atoms with Gasteiger partial charge in [0.15, 0.2) is 0 Å². The van der Waals surface area contributed by atoms with Crippen molar-refractivity contribution in [3.8, 4) is 6.07 Å². The molecule has 0 fully saturated rings. The van der Waals surface area contributed by atoms with Crippen molar-refractivity contribution in [1.29, 1.82) is 5.26 Å². The molecule has 2 N–H and O–H groups in total. The van der Waals surface area contributed by atoms with Gasteiger partial charge in [0.05, 0.1) is 11.6 Å². The number of carboxylic acids is 1. The molecule has 4 nitrogen and oxygen atoms in total. The first-order valence-corrected chi connectivity index (χ1v) is 4.63. The molecule has 0 aliphatic carbocycles. The van der Waals surface area contributed by atoms with E-state index in [0.717, 1.165) is 22.5 Å². The number of fused-ring (bicyclic) bond motifs is 1. The van der Waals surface area contributed by atoms with E-state index < -0.39 is 5.97 Å². The quantitative estimate of drug-likeness (QED) is 0.748. The average molecular weight is 212 g/mol. The lowest BCUT2D eigenvalue weighted by Gasteiger charge is -1.92. The van der Waals surface area contributed by atoms with Crippen LogP contribution in [0.1, 0.15) is 11.1 Å². The van der Waals surface area contributed by atoms with E-state index in [0.29, 0.717) is 5.56 Å². The molecule has 2 aromatic rings. The smallest absolute Gasteiger partial charge is 0.328 e. The van der Waals surface area contributed by atoms with Crippen LogP contribution in [0.15, 0.2) is 30.5 Å². The van der Waals surface area contributed by atoms with Gasteiger partial charge in [-0.05, 0) is 24.3 Å². The molecule has 0 saturated heterocycles. The van der Waals surface area contributed by atoms with Gasteiger partial charge in [-0.15, -0.1) is 0 Å². The summed E-state index contributed by atoms with van der Waals surface area (Å²) in [7, 11) is 0. The first-order chi connectivity index (χ1) is 7.70. The molecular formula is C12H8N2O2. The number of H-pyrrole nitrogens is 1. The van der Waals surface area contributed by atoms with Gasteiger partial charge < -0.3 is 10.1 Å². The molecule has 1 aromatic carbocycles. The van der Waals surface area contributed by atoms with Gasteiger partial charge >= 0.3 is 5.97 Å². The van der Waals surface area contributed by atoms with Gasteiger partial charge in [-0.1, -0.05) is 0 Å². The summed E-state index contributed by atoms with van der Waals surface area (Å²) in [6.45, 7) is 0. The fraction of sp³-hybridized carbons (Fsp3) is 0.